The minimum absolute atomic E-state index is 0.330. The Balaban J connectivity index is 2.78. The maximum Gasteiger partial charge on any atom is 0.347 e. The van der Waals surface area contributed by atoms with Crippen LogP contribution in [-0.2, 0) is 9.53 Å². The summed E-state index contributed by atoms with van der Waals surface area (Å²) < 4.78 is 10.5. The molecular formula is C14H20O3. The van der Waals surface area contributed by atoms with Crippen molar-refractivity contribution in [3.05, 3.63) is 28.8 Å². The lowest BCUT2D eigenvalue weighted by atomic mass is 10.0. The molecule has 0 aromatic heterocycles. The van der Waals surface area contributed by atoms with Crippen molar-refractivity contribution < 1.29 is 14.3 Å². The van der Waals surface area contributed by atoms with Gasteiger partial charge in [0.15, 0.2) is 6.10 Å². The molecule has 1 rings (SSSR count). The van der Waals surface area contributed by atoms with Crippen LogP contribution >= 0.6 is 0 Å². The highest BCUT2D eigenvalue weighted by Gasteiger charge is 2.16. The van der Waals surface area contributed by atoms with Gasteiger partial charge in [-0.1, -0.05) is 0 Å². The van der Waals surface area contributed by atoms with Crippen LogP contribution in [0, 0.1) is 20.8 Å². The first kappa shape index (κ1) is 13.6. The van der Waals surface area contributed by atoms with Gasteiger partial charge in [0.2, 0.25) is 0 Å². The molecule has 17 heavy (non-hydrogen) atoms. The maximum absolute atomic E-state index is 11.4. The number of hydrogen-bond acceptors (Lipinski definition) is 3. The second-order valence-corrected chi connectivity index (χ2v) is 4.19. The average Bonchev–Trinajstić information content (AvgIpc) is 2.26. The largest absolute Gasteiger partial charge is 0.479 e. The molecule has 0 aliphatic heterocycles. The summed E-state index contributed by atoms with van der Waals surface area (Å²) in [6.45, 7) is 9.99. The fourth-order valence-corrected chi connectivity index (χ4v) is 1.58. The molecule has 1 unspecified atom stereocenters. The van der Waals surface area contributed by atoms with Crippen LogP contribution in [0.4, 0.5) is 0 Å². The summed E-state index contributed by atoms with van der Waals surface area (Å²) in [4.78, 5) is 11.4. The zero-order valence-corrected chi connectivity index (χ0v) is 11.2. The van der Waals surface area contributed by atoms with E-state index in [4.69, 9.17) is 9.47 Å². The number of ether oxygens (including phenoxy) is 2. The highest BCUT2D eigenvalue weighted by Crippen LogP contribution is 2.22. The fourth-order valence-electron chi connectivity index (χ4n) is 1.58. The Morgan fingerprint density at radius 3 is 2.24 bits per heavy atom. The summed E-state index contributed by atoms with van der Waals surface area (Å²) in [7, 11) is 0. The lowest BCUT2D eigenvalue weighted by Gasteiger charge is -2.15. The highest BCUT2D eigenvalue weighted by molar-refractivity contribution is 5.74. The first-order chi connectivity index (χ1) is 7.95. The molecule has 0 amide bonds. The highest BCUT2D eigenvalue weighted by atomic mass is 16.6. The van der Waals surface area contributed by atoms with Crippen LogP contribution in [0.5, 0.6) is 5.75 Å². The molecule has 94 valence electrons. The average molecular weight is 236 g/mol. The van der Waals surface area contributed by atoms with Crippen LogP contribution < -0.4 is 4.74 Å². The first-order valence-electron chi connectivity index (χ1n) is 5.86. The van der Waals surface area contributed by atoms with Gasteiger partial charge < -0.3 is 9.47 Å². The van der Waals surface area contributed by atoms with Crippen LogP contribution in [0.15, 0.2) is 12.1 Å². The van der Waals surface area contributed by atoms with Gasteiger partial charge >= 0.3 is 5.97 Å². The van der Waals surface area contributed by atoms with Gasteiger partial charge in [-0.3, -0.25) is 0 Å². The van der Waals surface area contributed by atoms with E-state index in [-0.39, 0.29) is 5.97 Å². The molecule has 0 fully saturated rings. The van der Waals surface area contributed by atoms with Crippen LogP contribution in [0.2, 0.25) is 0 Å². The Labute approximate surface area is 103 Å². The van der Waals surface area contributed by atoms with E-state index in [1.165, 1.54) is 5.56 Å². The number of aryl methyl sites for hydroxylation is 2. The monoisotopic (exact) mass is 236 g/mol. The van der Waals surface area contributed by atoms with Gasteiger partial charge in [-0.05, 0) is 63.4 Å². The van der Waals surface area contributed by atoms with Crippen molar-refractivity contribution in [2.75, 3.05) is 6.61 Å². The van der Waals surface area contributed by atoms with Crippen molar-refractivity contribution in [2.45, 2.75) is 40.7 Å². The van der Waals surface area contributed by atoms with E-state index in [0.717, 1.165) is 11.1 Å². The van der Waals surface area contributed by atoms with Crippen LogP contribution in [-0.4, -0.2) is 18.7 Å². The lowest BCUT2D eigenvalue weighted by Crippen LogP contribution is -2.26. The molecule has 0 radical (unpaired) electrons. The third kappa shape index (κ3) is 3.48. The third-order valence-corrected chi connectivity index (χ3v) is 2.83. The Bertz CT molecular complexity index is 387. The van der Waals surface area contributed by atoms with Crippen molar-refractivity contribution in [2.24, 2.45) is 0 Å². The van der Waals surface area contributed by atoms with E-state index in [1.807, 2.05) is 26.0 Å². The standard InChI is InChI=1S/C14H20O3/c1-6-16-14(15)12(5)17-13-7-9(2)11(4)10(3)8-13/h7-8,12H,6H2,1-5H3. The zero-order valence-electron chi connectivity index (χ0n) is 11.2. The van der Waals surface area contributed by atoms with E-state index in [9.17, 15) is 4.79 Å². The van der Waals surface area contributed by atoms with Gasteiger partial charge in [0, 0.05) is 0 Å². The Morgan fingerprint density at radius 2 is 1.76 bits per heavy atom. The van der Waals surface area contributed by atoms with Gasteiger partial charge in [0.1, 0.15) is 5.75 Å². The predicted octanol–water partition coefficient (Wildman–Crippen LogP) is 2.94. The molecular weight excluding hydrogens is 216 g/mol. The molecule has 1 aromatic rings. The first-order valence-corrected chi connectivity index (χ1v) is 5.86. The number of hydrogen-bond donors (Lipinski definition) is 0. The minimum atomic E-state index is -0.573. The molecule has 1 aromatic carbocycles. The van der Waals surface area contributed by atoms with E-state index in [1.54, 1.807) is 13.8 Å². The summed E-state index contributed by atoms with van der Waals surface area (Å²) >= 11 is 0. The summed E-state index contributed by atoms with van der Waals surface area (Å²) in [5.74, 6) is 0.384. The minimum Gasteiger partial charge on any atom is -0.479 e. The summed E-state index contributed by atoms with van der Waals surface area (Å²) in [6, 6.07) is 3.89. The summed E-state index contributed by atoms with van der Waals surface area (Å²) in [5, 5.41) is 0. The van der Waals surface area contributed by atoms with Gasteiger partial charge in [-0.15, -0.1) is 0 Å². The number of carbonyl (C=O) groups is 1. The van der Waals surface area contributed by atoms with Gasteiger partial charge in [-0.25, -0.2) is 4.79 Å². The molecule has 0 spiro atoms. The second-order valence-electron chi connectivity index (χ2n) is 4.19. The quantitative estimate of drug-likeness (QED) is 0.754. The van der Waals surface area contributed by atoms with Crippen molar-refractivity contribution >= 4 is 5.97 Å². The van der Waals surface area contributed by atoms with Gasteiger partial charge in [0.05, 0.1) is 6.61 Å². The van der Waals surface area contributed by atoms with Crippen molar-refractivity contribution in [1.82, 2.24) is 0 Å². The summed E-state index contributed by atoms with van der Waals surface area (Å²) in [5.41, 5.74) is 3.58. The molecule has 0 aliphatic carbocycles. The molecule has 0 N–H and O–H groups in total. The Morgan fingerprint density at radius 1 is 1.24 bits per heavy atom. The molecule has 3 heteroatoms. The van der Waals surface area contributed by atoms with Crippen LogP contribution in [0.1, 0.15) is 30.5 Å². The van der Waals surface area contributed by atoms with Gasteiger partial charge in [0.25, 0.3) is 0 Å². The molecule has 0 saturated heterocycles. The van der Waals surface area contributed by atoms with E-state index >= 15 is 0 Å². The van der Waals surface area contributed by atoms with Crippen molar-refractivity contribution in [3.8, 4) is 5.75 Å². The number of carbonyl (C=O) groups excluding carboxylic acids is 1. The van der Waals surface area contributed by atoms with Crippen LogP contribution in [0.3, 0.4) is 0 Å². The molecule has 0 bridgehead atoms. The Hall–Kier alpha value is -1.51. The van der Waals surface area contributed by atoms with E-state index < -0.39 is 6.10 Å². The molecule has 0 heterocycles. The van der Waals surface area contributed by atoms with Gasteiger partial charge in [-0.2, -0.15) is 0 Å². The molecule has 0 saturated carbocycles. The molecule has 1 atom stereocenters. The lowest BCUT2D eigenvalue weighted by molar-refractivity contribution is -0.150. The molecule has 0 aliphatic rings. The fraction of sp³-hybridized carbons (Fsp3) is 0.500. The number of rotatable bonds is 4. The SMILES string of the molecule is CCOC(=O)C(C)Oc1cc(C)c(C)c(C)c1. The third-order valence-electron chi connectivity index (χ3n) is 2.83. The zero-order chi connectivity index (χ0) is 13.0. The summed E-state index contributed by atoms with van der Waals surface area (Å²) in [6.07, 6.45) is -0.573. The number of esters is 1. The van der Waals surface area contributed by atoms with E-state index in [0.29, 0.717) is 12.4 Å². The van der Waals surface area contributed by atoms with E-state index in [2.05, 4.69) is 6.92 Å². The number of benzene rings is 1. The molecule has 3 nitrogen and oxygen atoms in total. The smallest absolute Gasteiger partial charge is 0.347 e. The topological polar surface area (TPSA) is 35.5 Å². The van der Waals surface area contributed by atoms with Crippen molar-refractivity contribution in [3.63, 3.8) is 0 Å². The van der Waals surface area contributed by atoms with Crippen LogP contribution in [0.25, 0.3) is 0 Å². The maximum atomic E-state index is 11.4. The second kappa shape index (κ2) is 5.71. The Kier molecular flexibility index (Phi) is 4.55. The van der Waals surface area contributed by atoms with Crippen molar-refractivity contribution in [1.29, 1.82) is 0 Å². The predicted molar refractivity (Wildman–Crippen MR) is 67.4 cm³/mol. The normalized spacial score (nSPS) is 12.1.